The molecular formula is C20H33N3O2. The fourth-order valence-electron chi connectivity index (χ4n) is 2.95. The van der Waals surface area contributed by atoms with E-state index in [-0.39, 0.29) is 11.8 Å². The van der Waals surface area contributed by atoms with Gasteiger partial charge in [0.1, 0.15) is 0 Å². The number of aryl methyl sites for hydroxylation is 1. The Bertz CT molecular complexity index is 611. The minimum absolute atomic E-state index is 0.0112. The maximum Gasteiger partial charge on any atom is 0.251 e. The molecule has 0 spiro atoms. The Kier molecular flexibility index (Phi) is 7.61. The molecule has 0 aliphatic rings. The van der Waals surface area contributed by atoms with Gasteiger partial charge in [-0.2, -0.15) is 0 Å². The highest BCUT2D eigenvalue weighted by molar-refractivity contribution is 5.97. The maximum atomic E-state index is 12.6. The molecule has 2 amide bonds. The first-order valence-corrected chi connectivity index (χ1v) is 8.99. The summed E-state index contributed by atoms with van der Waals surface area (Å²) in [7, 11) is 0. The SMILES string of the molecule is Cc1cc(C(=O)NC(C)(CN)CC(C)C)ccc1NC(=O)CC(C)C. The van der Waals surface area contributed by atoms with Crippen LogP contribution in [-0.4, -0.2) is 23.9 Å². The van der Waals surface area contributed by atoms with Gasteiger partial charge in [0.05, 0.1) is 0 Å². The summed E-state index contributed by atoms with van der Waals surface area (Å²) in [5.74, 6) is 0.592. The highest BCUT2D eigenvalue weighted by atomic mass is 16.2. The molecule has 1 aromatic rings. The van der Waals surface area contributed by atoms with E-state index in [0.29, 0.717) is 30.4 Å². The number of amides is 2. The van der Waals surface area contributed by atoms with E-state index in [1.54, 1.807) is 18.2 Å². The molecule has 0 aliphatic carbocycles. The van der Waals surface area contributed by atoms with Gasteiger partial charge in [-0.15, -0.1) is 0 Å². The molecule has 0 aromatic heterocycles. The van der Waals surface area contributed by atoms with Crippen molar-refractivity contribution in [2.75, 3.05) is 11.9 Å². The van der Waals surface area contributed by atoms with E-state index in [9.17, 15) is 9.59 Å². The Hall–Kier alpha value is -1.88. The zero-order valence-corrected chi connectivity index (χ0v) is 16.4. The van der Waals surface area contributed by atoms with Crippen LogP contribution >= 0.6 is 0 Å². The van der Waals surface area contributed by atoms with Crippen molar-refractivity contribution in [2.45, 2.75) is 59.9 Å². The topological polar surface area (TPSA) is 84.2 Å². The summed E-state index contributed by atoms with van der Waals surface area (Å²) in [5.41, 5.74) is 7.62. The van der Waals surface area contributed by atoms with Crippen molar-refractivity contribution in [3.63, 3.8) is 0 Å². The summed E-state index contributed by atoms with van der Waals surface area (Å²) < 4.78 is 0. The lowest BCUT2D eigenvalue weighted by atomic mass is 9.90. The van der Waals surface area contributed by atoms with E-state index in [1.165, 1.54) is 0 Å². The minimum Gasteiger partial charge on any atom is -0.346 e. The smallest absolute Gasteiger partial charge is 0.251 e. The quantitative estimate of drug-likeness (QED) is 0.673. The number of benzene rings is 1. The van der Waals surface area contributed by atoms with Crippen LogP contribution in [0.3, 0.4) is 0 Å². The average molecular weight is 348 g/mol. The van der Waals surface area contributed by atoms with E-state index in [1.807, 2.05) is 27.7 Å². The molecule has 5 nitrogen and oxygen atoms in total. The molecule has 5 heteroatoms. The normalized spacial score (nSPS) is 13.6. The Morgan fingerprint density at radius 1 is 1.16 bits per heavy atom. The Labute approximate surface area is 151 Å². The van der Waals surface area contributed by atoms with Crippen molar-refractivity contribution in [1.29, 1.82) is 0 Å². The number of nitrogens with one attached hydrogen (secondary N) is 2. The zero-order valence-electron chi connectivity index (χ0n) is 16.4. The third kappa shape index (κ3) is 6.86. The lowest BCUT2D eigenvalue weighted by Crippen LogP contribution is -2.52. The van der Waals surface area contributed by atoms with Gasteiger partial charge in [0.15, 0.2) is 0 Å². The summed E-state index contributed by atoms with van der Waals surface area (Å²) >= 11 is 0. The number of carbonyl (C=O) groups is 2. The van der Waals surface area contributed by atoms with Crippen LogP contribution in [0.1, 0.15) is 63.4 Å². The molecule has 4 N–H and O–H groups in total. The monoisotopic (exact) mass is 347 g/mol. The van der Waals surface area contributed by atoms with Gasteiger partial charge in [-0.05, 0) is 55.9 Å². The molecule has 1 atom stereocenters. The van der Waals surface area contributed by atoms with Crippen LogP contribution in [0.5, 0.6) is 0 Å². The number of hydrogen-bond acceptors (Lipinski definition) is 3. The molecule has 140 valence electrons. The summed E-state index contributed by atoms with van der Waals surface area (Å²) in [4.78, 5) is 24.5. The maximum absolute atomic E-state index is 12.6. The van der Waals surface area contributed by atoms with Crippen molar-refractivity contribution >= 4 is 17.5 Å². The molecule has 0 fully saturated rings. The van der Waals surface area contributed by atoms with E-state index in [0.717, 1.165) is 17.7 Å². The molecule has 1 rings (SSSR count). The van der Waals surface area contributed by atoms with Gasteiger partial charge in [-0.25, -0.2) is 0 Å². The number of hydrogen-bond donors (Lipinski definition) is 3. The molecule has 0 heterocycles. The fraction of sp³-hybridized carbons (Fsp3) is 0.600. The number of rotatable bonds is 8. The molecule has 1 unspecified atom stereocenters. The summed E-state index contributed by atoms with van der Waals surface area (Å²) in [5, 5.41) is 5.96. The van der Waals surface area contributed by atoms with E-state index in [4.69, 9.17) is 5.73 Å². The van der Waals surface area contributed by atoms with Gasteiger partial charge in [0.25, 0.3) is 5.91 Å². The van der Waals surface area contributed by atoms with Gasteiger partial charge >= 0.3 is 0 Å². The van der Waals surface area contributed by atoms with Gasteiger partial charge in [-0.1, -0.05) is 27.7 Å². The van der Waals surface area contributed by atoms with Gasteiger partial charge in [0, 0.05) is 29.8 Å². The van der Waals surface area contributed by atoms with Crippen molar-refractivity contribution in [2.24, 2.45) is 17.6 Å². The number of carbonyl (C=O) groups excluding carboxylic acids is 2. The van der Waals surface area contributed by atoms with Gasteiger partial charge in [0.2, 0.25) is 5.91 Å². The fourth-order valence-corrected chi connectivity index (χ4v) is 2.95. The van der Waals surface area contributed by atoms with E-state index in [2.05, 4.69) is 24.5 Å². The number of nitrogens with two attached hydrogens (primary N) is 1. The molecule has 0 saturated heterocycles. The Balaban J connectivity index is 2.84. The van der Waals surface area contributed by atoms with Gasteiger partial charge in [-0.3, -0.25) is 9.59 Å². The Morgan fingerprint density at radius 2 is 1.80 bits per heavy atom. The van der Waals surface area contributed by atoms with Crippen molar-refractivity contribution in [1.82, 2.24) is 5.32 Å². The Morgan fingerprint density at radius 3 is 2.28 bits per heavy atom. The van der Waals surface area contributed by atoms with Crippen molar-refractivity contribution in [3.05, 3.63) is 29.3 Å². The number of anilines is 1. The molecule has 0 bridgehead atoms. The summed E-state index contributed by atoms with van der Waals surface area (Å²) in [6.45, 7) is 12.5. The molecule has 0 aliphatic heterocycles. The van der Waals surface area contributed by atoms with E-state index >= 15 is 0 Å². The van der Waals surface area contributed by atoms with Crippen LogP contribution < -0.4 is 16.4 Å². The van der Waals surface area contributed by atoms with Crippen LogP contribution in [-0.2, 0) is 4.79 Å². The first-order valence-electron chi connectivity index (χ1n) is 8.99. The van der Waals surface area contributed by atoms with Crippen LogP contribution in [0.15, 0.2) is 18.2 Å². The second kappa shape index (κ2) is 8.99. The molecular weight excluding hydrogens is 314 g/mol. The average Bonchev–Trinajstić information content (AvgIpc) is 2.47. The van der Waals surface area contributed by atoms with Crippen LogP contribution in [0.4, 0.5) is 5.69 Å². The first-order chi connectivity index (χ1) is 11.6. The lowest BCUT2D eigenvalue weighted by molar-refractivity contribution is -0.116. The van der Waals surface area contributed by atoms with Crippen molar-refractivity contribution in [3.8, 4) is 0 Å². The molecule has 25 heavy (non-hydrogen) atoms. The molecule has 0 saturated carbocycles. The zero-order chi connectivity index (χ0) is 19.2. The third-order valence-corrected chi connectivity index (χ3v) is 4.08. The molecule has 0 radical (unpaired) electrons. The lowest BCUT2D eigenvalue weighted by Gasteiger charge is -2.31. The predicted molar refractivity (Wildman–Crippen MR) is 104 cm³/mol. The van der Waals surface area contributed by atoms with Crippen LogP contribution in [0.25, 0.3) is 0 Å². The summed E-state index contributed by atoms with van der Waals surface area (Å²) in [6, 6.07) is 5.32. The van der Waals surface area contributed by atoms with Crippen LogP contribution in [0, 0.1) is 18.8 Å². The predicted octanol–water partition coefficient (Wildman–Crippen LogP) is 3.47. The highest BCUT2D eigenvalue weighted by Crippen LogP contribution is 2.20. The second-order valence-electron chi connectivity index (χ2n) is 7.99. The molecule has 1 aromatic carbocycles. The van der Waals surface area contributed by atoms with Gasteiger partial charge < -0.3 is 16.4 Å². The standard InChI is InChI=1S/C20H33N3O2/c1-13(2)9-18(24)22-17-8-7-16(10-15(17)5)19(25)23-20(6,12-21)11-14(3)4/h7-8,10,13-14H,9,11-12,21H2,1-6H3,(H,22,24)(H,23,25). The summed E-state index contributed by atoms with van der Waals surface area (Å²) in [6.07, 6.45) is 1.29. The second-order valence-corrected chi connectivity index (χ2v) is 7.99. The highest BCUT2D eigenvalue weighted by Gasteiger charge is 2.26. The third-order valence-electron chi connectivity index (χ3n) is 4.08. The van der Waals surface area contributed by atoms with Crippen molar-refractivity contribution < 1.29 is 9.59 Å². The first kappa shape index (κ1) is 21.2. The van der Waals surface area contributed by atoms with E-state index < -0.39 is 5.54 Å². The minimum atomic E-state index is -0.427. The van der Waals surface area contributed by atoms with Crippen LogP contribution in [0.2, 0.25) is 0 Å². The largest absolute Gasteiger partial charge is 0.346 e.